The van der Waals surface area contributed by atoms with Crippen LogP contribution in [0.5, 0.6) is 0 Å². The number of aromatic nitrogens is 4. The van der Waals surface area contributed by atoms with Gasteiger partial charge in [0.15, 0.2) is 5.82 Å². The number of carbonyl (C=O) groups is 2. The molecule has 5 aromatic rings. The van der Waals surface area contributed by atoms with Crippen molar-refractivity contribution in [3.63, 3.8) is 0 Å². The summed E-state index contributed by atoms with van der Waals surface area (Å²) in [5, 5.41) is 15.0. The number of aryl methyl sites for hydroxylation is 1. The van der Waals surface area contributed by atoms with Crippen LogP contribution in [0.1, 0.15) is 18.3 Å². The monoisotopic (exact) mass is 458 g/mol. The van der Waals surface area contributed by atoms with Crippen molar-refractivity contribution in [1.29, 1.82) is 0 Å². The van der Waals surface area contributed by atoms with Gasteiger partial charge in [0.2, 0.25) is 5.78 Å². The summed E-state index contributed by atoms with van der Waals surface area (Å²) in [6.45, 7) is 1.65. The van der Waals surface area contributed by atoms with Crippen molar-refractivity contribution in [2.75, 3.05) is 0 Å². The van der Waals surface area contributed by atoms with Gasteiger partial charge in [0.05, 0.1) is 12.1 Å². The minimum absolute atomic E-state index is 0.0741. The van der Waals surface area contributed by atoms with Gasteiger partial charge < -0.3 is 5.32 Å². The molecule has 1 saturated heterocycles. The number of hydrogen-bond acceptors (Lipinski definition) is 6. The van der Waals surface area contributed by atoms with E-state index in [0.29, 0.717) is 21.8 Å². The van der Waals surface area contributed by atoms with E-state index in [4.69, 9.17) is 0 Å². The van der Waals surface area contributed by atoms with Gasteiger partial charge >= 0.3 is 6.03 Å². The Morgan fingerprint density at radius 1 is 1.03 bits per heavy atom. The summed E-state index contributed by atoms with van der Waals surface area (Å²) in [5.74, 6) is 0.381. The van der Waals surface area contributed by atoms with Gasteiger partial charge in [0, 0.05) is 7.05 Å². The molecule has 0 spiro atoms. The zero-order chi connectivity index (χ0) is 22.9. The van der Waals surface area contributed by atoms with Crippen LogP contribution in [0, 0.1) is 0 Å². The second-order valence-electron chi connectivity index (χ2n) is 8.22. The Balaban J connectivity index is 1.45. The molecule has 2 aromatic carbocycles. The summed E-state index contributed by atoms with van der Waals surface area (Å²) in [4.78, 5) is 40.3. The van der Waals surface area contributed by atoms with Gasteiger partial charge in [-0.2, -0.15) is 0 Å². The number of fused-ring (bicyclic) bond motifs is 4. The standard InChI is InChI=1S/C23H18N6O3S/c1-23(15-9-5-7-13-6-3-4-8-14(13)15)20(31)28(22(32)24-23)12-17-25-26-21-27(2)19(30)18-16(29(17)21)10-11-33-18/h3-11H,12H2,1-2H3,(H,24,32). The third-order valence-electron chi connectivity index (χ3n) is 6.30. The number of rotatable bonds is 3. The fourth-order valence-electron chi connectivity index (χ4n) is 4.58. The Morgan fingerprint density at radius 2 is 1.82 bits per heavy atom. The average Bonchev–Trinajstić information content (AvgIpc) is 3.51. The summed E-state index contributed by atoms with van der Waals surface area (Å²) in [6, 6.07) is 14.8. The lowest BCUT2D eigenvalue weighted by molar-refractivity contribution is -0.131. The van der Waals surface area contributed by atoms with Crippen LogP contribution in [0.4, 0.5) is 4.79 Å². The molecule has 1 aliphatic rings. The lowest BCUT2D eigenvalue weighted by Crippen LogP contribution is -2.41. The smallest absolute Gasteiger partial charge is 0.319 e. The molecule has 0 bridgehead atoms. The molecule has 1 fully saturated rings. The van der Waals surface area contributed by atoms with Gasteiger partial charge in [-0.1, -0.05) is 42.5 Å². The number of imide groups is 1. The average molecular weight is 459 g/mol. The second-order valence-corrected chi connectivity index (χ2v) is 9.14. The highest BCUT2D eigenvalue weighted by Crippen LogP contribution is 2.34. The first-order valence-electron chi connectivity index (χ1n) is 10.3. The molecule has 4 heterocycles. The van der Waals surface area contributed by atoms with Crippen LogP contribution in [0.3, 0.4) is 0 Å². The first-order chi connectivity index (χ1) is 15.9. The molecule has 1 aliphatic heterocycles. The molecule has 1 N–H and O–H groups in total. The molecular formula is C23H18N6O3S. The fraction of sp³-hybridized carbons (Fsp3) is 0.174. The highest BCUT2D eigenvalue weighted by Gasteiger charge is 2.50. The number of carbonyl (C=O) groups excluding carboxylic acids is 2. The Labute approximate surface area is 190 Å². The molecule has 3 amide bonds. The maximum absolute atomic E-state index is 13.6. The van der Waals surface area contributed by atoms with Gasteiger partial charge in [-0.05, 0) is 34.7 Å². The molecule has 1 atom stereocenters. The number of hydrogen-bond donors (Lipinski definition) is 1. The second kappa shape index (κ2) is 6.72. The third-order valence-corrected chi connectivity index (χ3v) is 7.19. The molecule has 10 heteroatoms. The molecular weight excluding hydrogens is 440 g/mol. The van der Waals surface area contributed by atoms with Gasteiger partial charge in [0.1, 0.15) is 10.2 Å². The number of nitrogens with zero attached hydrogens (tertiary/aromatic N) is 5. The van der Waals surface area contributed by atoms with Crippen LogP contribution < -0.4 is 10.9 Å². The first kappa shape index (κ1) is 19.6. The van der Waals surface area contributed by atoms with Crippen molar-refractivity contribution in [3.8, 4) is 0 Å². The van der Waals surface area contributed by atoms with E-state index in [1.807, 2.05) is 53.9 Å². The number of thiophene rings is 1. The van der Waals surface area contributed by atoms with Crippen molar-refractivity contribution < 1.29 is 9.59 Å². The summed E-state index contributed by atoms with van der Waals surface area (Å²) in [6.07, 6.45) is 0. The van der Waals surface area contributed by atoms with Crippen LogP contribution in [-0.2, 0) is 23.9 Å². The number of benzene rings is 2. The van der Waals surface area contributed by atoms with Crippen molar-refractivity contribution in [2.45, 2.75) is 19.0 Å². The van der Waals surface area contributed by atoms with Crippen molar-refractivity contribution in [2.24, 2.45) is 7.05 Å². The highest BCUT2D eigenvalue weighted by molar-refractivity contribution is 7.17. The minimum atomic E-state index is -1.22. The summed E-state index contributed by atoms with van der Waals surface area (Å²) >= 11 is 1.33. The van der Waals surface area contributed by atoms with E-state index in [9.17, 15) is 14.4 Å². The van der Waals surface area contributed by atoms with E-state index < -0.39 is 11.6 Å². The predicted molar refractivity (Wildman–Crippen MR) is 124 cm³/mol. The summed E-state index contributed by atoms with van der Waals surface area (Å²) in [7, 11) is 1.63. The zero-order valence-electron chi connectivity index (χ0n) is 17.8. The maximum atomic E-state index is 13.6. The van der Waals surface area contributed by atoms with Crippen LogP contribution in [0.25, 0.3) is 26.8 Å². The Hall–Kier alpha value is -4.05. The predicted octanol–water partition coefficient (Wildman–Crippen LogP) is 2.76. The lowest BCUT2D eigenvalue weighted by Gasteiger charge is -2.24. The van der Waals surface area contributed by atoms with Gasteiger partial charge in [-0.3, -0.25) is 23.5 Å². The SMILES string of the molecule is Cn1c(=O)c2sccc2n2c(CN3C(=O)NC(C)(c4cccc5ccccc45)C3=O)nnc12. The number of nitrogens with one attached hydrogen (secondary N) is 1. The van der Waals surface area contributed by atoms with Crippen molar-refractivity contribution in [3.05, 3.63) is 75.7 Å². The van der Waals surface area contributed by atoms with E-state index in [1.165, 1.54) is 15.9 Å². The topological polar surface area (TPSA) is 102 Å². The van der Waals surface area contributed by atoms with Gasteiger partial charge in [0.25, 0.3) is 11.5 Å². The Morgan fingerprint density at radius 3 is 2.67 bits per heavy atom. The van der Waals surface area contributed by atoms with Crippen molar-refractivity contribution >= 4 is 50.0 Å². The van der Waals surface area contributed by atoms with E-state index >= 15 is 0 Å². The van der Waals surface area contributed by atoms with Crippen LogP contribution >= 0.6 is 11.3 Å². The van der Waals surface area contributed by atoms with Gasteiger partial charge in [-0.15, -0.1) is 21.5 Å². The Kier molecular flexibility index (Phi) is 4.00. The number of urea groups is 1. The highest BCUT2D eigenvalue weighted by atomic mass is 32.1. The normalized spacial score (nSPS) is 18.7. The van der Waals surface area contributed by atoms with E-state index in [-0.39, 0.29) is 18.0 Å². The molecule has 0 saturated carbocycles. The molecule has 0 aliphatic carbocycles. The Bertz CT molecular complexity index is 1680. The first-order valence-corrected chi connectivity index (χ1v) is 11.2. The lowest BCUT2D eigenvalue weighted by atomic mass is 9.88. The molecule has 3 aromatic heterocycles. The summed E-state index contributed by atoms with van der Waals surface area (Å²) < 4.78 is 3.70. The largest absolute Gasteiger partial charge is 0.325 e. The molecule has 164 valence electrons. The number of amides is 3. The van der Waals surface area contributed by atoms with Gasteiger partial charge in [-0.25, -0.2) is 4.79 Å². The molecule has 0 radical (unpaired) electrons. The fourth-order valence-corrected chi connectivity index (χ4v) is 5.43. The third kappa shape index (κ3) is 2.61. The van der Waals surface area contributed by atoms with Crippen LogP contribution in [0.15, 0.2) is 58.7 Å². The quantitative estimate of drug-likeness (QED) is 0.419. The zero-order valence-corrected chi connectivity index (χ0v) is 18.6. The van der Waals surface area contributed by atoms with Crippen LogP contribution in [-0.4, -0.2) is 36.0 Å². The minimum Gasteiger partial charge on any atom is -0.319 e. The van der Waals surface area contributed by atoms with E-state index in [1.54, 1.807) is 18.4 Å². The van der Waals surface area contributed by atoms with Crippen molar-refractivity contribution in [1.82, 2.24) is 29.4 Å². The maximum Gasteiger partial charge on any atom is 0.325 e. The van der Waals surface area contributed by atoms with E-state index in [2.05, 4.69) is 15.5 Å². The molecule has 1 unspecified atom stereocenters. The molecule has 9 nitrogen and oxygen atoms in total. The molecule has 6 rings (SSSR count). The molecule has 33 heavy (non-hydrogen) atoms. The van der Waals surface area contributed by atoms with Crippen LogP contribution in [0.2, 0.25) is 0 Å². The summed E-state index contributed by atoms with van der Waals surface area (Å²) in [5.41, 5.74) is 0.00493. The van der Waals surface area contributed by atoms with E-state index in [0.717, 1.165) is 21.2 Å².